The third-order valence-electron chi connectivity index (χ3n) is 2.13. The van der Waals surface area contributed by atoms with Gasteiger partial charge < -0.3 is 9.73 Å². The number of rotatable bonds is 3. The highest BCUT2D eigenvalue weighted by Gasteiger charge is 2.22. The first-order valence-electron chi connectivity index (χ1n) is 4.52. The number of aromatic nitrogens is 1. The lowest BCUT2D eigenvalue weighted by atomic mass is 10.3. The van der Waals surface area contributed by atoms with Crippen molar-refractivity contribution >= 4 is 11.8 Å². The molecular formula is C9H14N2OS. The van der Waals surface area contributed by atoms with Gasteiger partial charge >= 0.3 is 0 Å². The maximum absolute atomic E-state index is 5.43. The molecule has 1 fully saturated rings. The van der Waals surface area contributed by atoms with Crippen LogP contribution in [0.2, 0.25) is 0 Å². The highest BCUT2D eigenvalue weighted by molar-refractivity contribution is 8.00. The van der Waals surface area contributed by atoms with Gasteiger partial charge in [0.15, 0.2) is 0 Å². The molecule has 1 aliphatic rings. The zero-order chi connectivity index (χ0) is 9.26. The Balaban J connectivity index is 1.92. The number of nitrogens with zero attached hydrogens (tertiary/aromatic N) is 1. The average Bonchev–Trinajstić information content (AvgIpc) is 2.44. The molecule has 1 aromatic heterocycles. The lowest BCUT2D eigenvalue weighted by Crippen LogP contribution is -2.41. The fraction of sp³-hybridized carbons (Fsp3) is 0.667. The predicted molar refractivity (Wildman–Crippen MR) is 53.9 cm³/mol. The van der Waals surface area contributed by atoms with E-state index in [1.807, 2.05) is 18.7 Å². The molecule has 4 heteroatoms. The molecule has 0 bridgehead atoms. The highest BCUT2D eigenvalue weighted by Crippen LogP contribution is 2.21. The highest BCUT2D eigenvalue weighted by atomic mass is 32.2. The Morgan fingerprint density at radius 2 is 2.46 bits per heavy atom. The van der Waals surface area contributed by atoms with E-state index in [0.29, 0.717) is 6.04 Å². The number of hydrogen-bond acceptors (Lipinski definition) is 4. The van der Waals surface area contributed by atoms with Crippen molar-refractivity contribution in [3.8, 4) is 0 Å². The van der Waals surface area contributed by atoms with Gasteiger partial charge in [-0.05, 0) is 13.8 Å². The zero-order valence-corrected chi connectivity index (χ0v) is 8.73. The molecular weight excluding hydrogens is 184 g/mol. The molecule has 2 rings (SSSR count). The molecule has 1 saturated heterocycles. The lowest BCUT2D eigenvalue weighted by molar-refractivity contribution is 0.384. The molecule has 13 heavy (non-hydrogen) atoms. The van der Waals surface area contributed by atoms with E-state index in [9.17, 15) is 0 Å². The van der Waals surface area contributed by atoms with Gasteiger partial charge in [0.1, 0.15) is 5.76 Å². The van der Waals surface area contributed by atoms with E-state index in [4.69, 9.17) is 4.42 Å². The summed E-state index contributed by atoms with van der Waals surface area (Å²) in [6, 6.07) is 0.881. The van der Waals surface area contributed by atoms with E-state index in [-0.39, 0.29) is 6.04 Å². The van der Waals surface area contributed by atoms with E-state index >= 15 is 0 Å². The van der Waals surface area contributed by atoms with Crippen molar-refractivity contribution in [3.63, 3.8) is 0 Å². The van der Waals surface area contributed by atoms with Crippen molar-refractivity contribution in [2.24, 2.45) is 0 Å². The van der Waals surface area contributed by atoms with Crippen molar-refractivity contribution < 1.29 is 4.42 Å². The van der Waals surface area contributed by atoms with Crippen LogP contribution in [0.1, 0.15) is 24.6 Å². The topological polar surface area (TPSA) is 38.1 Å². The van der Waals surface area contributed by atoms with Gasteiger partial charge in [-0.2, -0.15) is 11.8 Å². The minimum absolute atomic E-state index is 0.236. The number of nitrogens with one attached hydrogen (secondary N) is 1. The third-order valence-corrected chi connectivity index (χ3v) is 3.41. The first-order chi connectivity index (χ1) is 6.25. The van der Waals surface area contributed by atoms with Gasteiger partial charge in [-0.15, -0.1) is 0 Å². The fourth-order valence-corrected chi connectivity index (χ4v) is 1.99. The molecule has 0 saturated carbocycles. The zero-order valence-electron chi connectivity index (χ0n) is 7.91. The van der Waals surface area contributed by atoms with Gasteiger partial charge in [0.05, 0.1) is 12.2 Å². The first kappa shape index (κ1) is 9.09. The monoisotopic (exact) mass is 198 g/mol. The van der Waals surface area contributed by atoms with Gasteiger partial charge in [0.2, 0.25) is 5.89 Å². The number of aryl methyl sites for hydroxylation is 1. The van der Waals surface area contributed by atoms with E-state index in [0.717, 1.165) is 11.7 Å². The third kappa shape index (κ3) is 2.06. The van der Waals surface area contributed by atoms with E-state index < -0.39 is 0 Å². The summed E-state index contributed by atoms with van der Waals surface area (Å²) >= 11 is 1.97. The molecule has 2 heterocycles. The molecule has 0 radical (unpaired) electrons. The largest absolute Gasteiger partial charge is 0.444 e. The van der Waals surface area contributed by atoms with Gasteiger partial charge in [0.25, 0.3) is 0 Å². The number of thioether (sulfide) groups is 1. The number of hydrogen-bond donors (Lipinski definition) is 1. The molecule has 1 aliphatic heterocycles. The van der Waals surface area contributed by atoms with Crippen LogP contribution in [0.3, 0.4) is 0 Å². The minimum Gasteiger partial charge on any atom is -0.444 e. The SMILES string of the molecule is Cc1cnc(C(C)NC2CSC2)o1. The summed E-state index contributed by atoms with van der Waals surface area (Å²) in [6.45, 7) is 4.01. The Hall–Kier alpha value is -0.480. The fourth-order valence-electron chi connectivity index (χ4n) is 1.33. The Morgan fingerprint density at radius 1 is 1.69 bits per heavy atom. The summed E-state index contributed by atoms with van der Waals surface area (Å²) < 4.78 is 5.43. The van der Waals surface area contributed by atoms with Crippen molar-refractivity contribution in [1.82, 2.24) is 10.3 Å². The summed E-state index contributed by atoms with van der Waals surface area (Å²) in [7, 11) is 0. The molecule has 3 nitrogen and oxygen atoms in total. The van der Waals surface area contributed by atoms with E-state index in [1.54, 1.807) is 6.20 Å². The minimum atomic E-state index is 0.236. The summed E-state index contributed by atoms with van der Waals surface area (Å²) in [5.41, 5.74) is 0. The molecule has 1 N–H and O–H groups in total. The maximum atomic E-state index is 5.43. The van der Waals surface area contributed by atoms with Crippen molar-refractivity contribution in [2.45, 2.75) is 25.9 Å². The van der Waals surface area contributed by atoms with Crippen LogP contribution in [0.4, 0.5) is 0 Å². The van der Waals surface area contributed by atoms with E-state index in [1.165, 1.54) is 11.5 Å². The summed E-state index contributed by atoms with van der Waals surface area (Å²) in [6.07, 6.45) is 1.77. The quantitative estimate of drug-likeness (QED) is 0.803. The van der Waals surface area contributed by atoms with Crippen LogP contribution in [-0.2, 0) is 0 Å². The summed E-state index contributed by atoms with van der Waals surface area (Å²) in [5.74, 6) is 4.11. The van der Waals surface area contributed by atoms with Crippen LogP contribution in [-0.4, -0.2) is 22.5 Å². The molecule has 0 aromatic carbocycles. The van der Waals surface area contributed by atoms with Crippen molar-refractivity contribution in [2.75, 3.05) is 11.5 Å². The second-order valence-corrected chi connectivity index (χ2v) is 4.51. The smallest absolute Gasteiger partial charge is 0.211 e. The van der Waals surface area contributed by atoms with Crippen LogP contribution in [0.15, 0.2) is 10.6 Å². The first-order valence-corrected chi connectivity index (χ1v) is 5.67. The Labute approximate surface area is 82.3 Å². The Bertz CT molecular complexity index is 283. The second-order valence-electron chi connectivity index (χ2n) is 3.43. The average molecular weight is 198 g/mol. The number of oxazole rings is 1. The molecule has 72 valence electrons. The molecule has 0 spiro atoms. The standard InChI is InChI=1S/C9H14N2OS/c1-6-3-10-9(12-6)7(2)11-8-4-13-5-8/h3,7-8,11H,4-5H2,1-2H3. The van der Waals surface area contributed by atoms with Gasteiger partial charge in [-0.3, -0.25) is 0 Å². The van der Waals surface area contributed by atoms with E-state index in [2.05, 4.69) is 17.2 Å². The van der Waals surface area contributed by atoms with Crippen LogP contribution in [0, 0.1) is 6.92 Å². The van der Waals surface area contributed by atoms with Crippen LogP contribution < -0.4 is 5.32 Å². The normalized spacial score (nSPS) is 19.8. The molecule has 1 aromatic rings. The second kappa shape index (κ2) is 3.72. The lowest BCUT2D eigenvalue weighted by Gasteiger charge is -2.28. The van der Waals surface area contributed by atoms with Gasteiger partial charge in [-0.25, -0.2) is 4.98 Å². The van der Waals surface area contributed by atoms with Crippen molar-refractivity contribution in [3.05, 3.63) is 17.8 Å². The maximum Gasteiger partial charge on any atom is 0.211 e. The Morgan fingerprint density at radius 3 is 2.92 bits per heavy atom. The van der Waals surface area contributed by atoms with Gasteiger partial charge in [0, 0.05) is 17.5 Å². The summed E-state index contributed by atoms with van der Waals surface area (Å²) in [4.78, 5) is 4.19. The predicted octanol–water partition coefficient (Wildman–Crippen LogP) is 1.75. The molecule has 0 aliphatic carbocycles. The van der Waals surface area contributed by atoms with Crippen molar-refractivity contribution in [1.29, 1.82) is 0 Å². The van der Waals surface area contributed by atoms with Crippen LogP contribution in [0.25, 0.3) is 0 Å². The van der Waals surface area contributed by atoms with Crippen LogP contribution >= 0.6 is 11.8 Å². The molecule has 1 unspecified atom stereocenters. The molecule has 1 atom stereocenters. The van der Waals surface area contributed by atoms with Crippen LogP contribution in [0.5, 0.6) is 0 Å². The molecule has 0 amide bonds. The Kier molecular flexibility index (Phi) is 2.60. The summed E-state index contributed by atoms with van der Waals surface area (Å²) in [5, 5.41) is 3.47. The van der Waals surface area contributed by atoms with Gasteiger partial charge in [-0.1, -0.05) is 0 Å².